The van der Waals surface area contributed by atoms with Gasteiger partial charge in [0.05, 0.1) is 27.2 Å². The fraction of sp³-hybridized carbons (Fsp3) is 0.278. The third-order valence-electron chi connectivity index (χ3n) is 4.38. The summed E-state index contributed by atoms with van der Waals surface area (Å²) in [7, 11) is 0. The van der Waals surface area contributed by atoms with E-state index in [1.807, 2.05) is 9.80 Å². The molecule has 1 fully saturated rings. The summed E-state index contributed by atoms with van der Waals surface area (Å²) < 4.78 is 0. The average molecular weight is 409 g/mol. The molecule has 0 bridgehead atoms. The molecule has 3 rings (SSSR count). The average Bonchev–Trinajstić information content (AvgIpc) is 2.66. The molecule has 0 aliphatic carbocycles. The van der Waals surface area contributed by atoms with Gasteiger partial charge in [-0.05, 0) is 18.2 Å². The maximum Gasteiger partial charge on any atom is 0.292 e. The van der Waals surface area contributed by atoms with E-state index in [2.05, 4.69) is 5.32 Å². The van der Waals surface area contributed by atoms with Gasteiger partial charge in [0.15, 0.2) is 0 Å². The molecule has 2 aromatic carbocycles. The van der Waals surface area contributed by atoms with Gasteiger partial charge in [0.1, 0.15) is 5.69 Å². The molecule has 1 saturated heterocycles. The Balaban J connectivity index is 1.56. The number of nitro benzene ring substituents is 1. The van der Waals surface area contributed by atoms with Crippen LogP contribution >= 0.6 is 23.2 Å². The van der Waals surface area contributed by atoms with Crippen molar-refractivity contribution < 1.29 is 9.72 Å². The van der Waals surface area contributed by atoms with Crippen LogP contribution in [0.2, 0.25) is 10.0 Å². The third kappa shape index (κ3) is 4.68. The topological polar surface area (TPSA) is 78.7 Å². The molecule has 0 atom stereocenters. The van der Waals surface area contributed by atoms with Gasteiger partial charge in [-0.1, -0.05) is 41.4 Å². The van der Waals surface area contributed by atoms with Crippen molar-refractivity contribution in [1.29, 1.82) is 0 Å². The Morgan fingerprint density at radius 2 is 1.78 bits per heavy atom. The normalized spacial score (nSPS) is 14.8. The van der Waals surface area contributed by atoms with Crippen LogP contribution in [0, 0.1) is 10.1 Å². The lowest BCUT2D eigenvalue weighted by Gasteiger charge is -2.35. The molecule has 0 radical (unpaired) electrons. The number of carbonyl (C=O) groups is 1. The van der Waals surface area contributed by atoms with Crippen LogP contribution < -0.4 is 10.2 Å². The van der Waals surface area contributed by atoms with Crippen LogP contribution in [0.1, 0.15) is 0 Å². The van der Waals surface area contributed by atoms with Gasteiger partial charge >= 0.3 is 0 Å². The number of carbonyl (C=O) groups excluding carboxylic acids is 1. The maximum absolute atomic E-state index is 12.3. The molecule has 7 nitrogen and oxygen atoms in total. The van der Waals surface area contributed by atoms with Crippen molar-refractivity contribution in [3.05, 3.63) is 62.6 Å². The van der Waals surface area contributed by atoms with E-state index in [9.17, 15) is 14.9 Å². The summed E-state index contributed by atoms with van der Waals surface area (Å²) >= 11 is 12.0. The smallest absolute Gasteiger partial charge is 0.292 e. The highest BCUT2D eigenvalue weighted by Crippen LogP contribution is 2.30. The van der Waals surface area contributed by atoms with E-state index in [0.29, 0.717) is 47.6 Å². The number of hydrogen-bond donors (Lipinski definition) is 1. The predicted molar refractivity (Wildman–Crippen MR) is 107 cm³/mol. The van der Waals surface area contributed by atoms with Crippen molar-refractivity contribution in [2.75, 3.05) is 42.9 Å². The minimum Gasteiger partial charge on any atom is -0.363 e. The Morgan fingerprint density at radius 3 is 2.48 bits per heavy atom. The second-order valence-electron chi connectivity index (χ2n) is 6.16. The lowest BCUT2D eigenvalue weighted by atomic mass is 10.2. The molecule has 0 saturated carbocycles. The number of piperazine rings is 1. The van der Waals surface area contributed by atoms with Crippen LogP contribution in [0.15, 0.2) is 42.5 Å². The van der Waals surface area contributed by atoms with Gasteiger partial charge in [-0.2, -0.15) is 0 Å². The quantitative estimate of drug-likeness (QED) is 0.602. The van der Waals surface area contributed by atoms with Crippen LogP contribution in [-0.2, 0) is 4.79 Å². The molecule has 0 aromatic heterocycles. The van der Waals surface area contributed by atoms with E-state index in [-0.39, 0.29) is 23.1 Å². The highest BCUT2D eigenvalue weighted by atomic mass is 35.5. The van der Waals surface area contributed by atoms with Gasteiger partial charge in [0.25, 0.3) is 5.69 Å². The highest BCUT2D eigenvalue weighted by molar-refractivity contribution is 6.44. The fourth-order valence-corrected chi connectivity index (χ4v) is 3.37. The van der Waals surface area contributed by atoms with Crippen molar-refractivity contribution in [1.82, 2.24) is 4.90 Å². The summed E-state index contributed by atoms with van der Waals surface area (Å²) in [6, 6.07) is 11.8. The summed E-state index contributed by atoms with van der Waals surface area (Å²) in [5, 5.41) is 14.7. The van der Waals surface area contributed by atoms with Crippen molar-refractivity contribution in [2.24, 2.45) is 0 Å². The van der Waals surface area contributed by atoms with E-state index < -0.39 is 0 Å². The zero-order valence-electron chi connectivity index (χ0n) is 14.4. The van der Waals surface area contributed by atoms with Crippen molar-refractivity contribution in [3.63, 3.8) is 0 Å². The number of nitrogens with zero attached hydrogens (tertiary/aromatic N) is 3. The number of halogens is 2. The molecule has 1 amide bonds. The standard InChI is InChI=1S/C18H18Cl2N4O3/c19-13-4-3-5-14(18(13)20)21-17(25)12-22-8-10-23(11-9-22)15-6-1-2-7-16(15)24(26)27/h1-7H,8-12H2,(H,21,25). The van der Waals surface area contributed by atoms with Crippen LogP contribution in [0.4, 0.5) is 17.1 Å². The van der Waals surface area contributed by atoms with Crippen molar-refractivity contribution in [3.8, 4) is 0 Å². The van der Waals surface area contributed by atoms with Crippen molar-refractivity contribution >= 4 is 46.2 Å². The molecular formula is C18H18Cl2N4O3. The Labute approximate surface area is 166 Å². The molecule has 1 aliphatic rings. The second kappa shape index (κ2) is 8.56. The molecule has 2 aromatic rings. The van der Waals surface area contributed by atoms with Crippen LogP contribution in [0.3, 0.4) is 0 Å². The largest absolute Gasteiger partial charge is 0.363 e. The molecule has 0 unspecified atom stereocenters. The fourth-order valence-electron chi connectivity index (χ4n) is 3.03. The molecule has 1 heterocycles. The zero-order chi connectivity index (χ0) is 19.4. The number of anilines is 2. The molecule has 1 aliphatic heterocycles. The third-order valence-corrected chi connectivity index (χ3v) is 5.20. The first kappa shape index (κ1) is 19.4. The Morgan fingerprint density at radius 1 is 1.07 bits per heavy atom. The first-order valence-corrected chi connectivity index (χ1v) is 9.16. The summed E-state index contributed by atoms with van der Waals surface area (Å²) in [5.41, 5.74) is 1.18. The van der Waals surface area contributed by atoms with Crippen molar-refractivity contribution in [2.45, 2.75) is 0 Å². The molecule has 1 N–H and O–H groups in total. The van der Waals surface area contributed by atoms with Gasteiger partial charge < -0.3 is 10.2 Å². The summed E-state index contributed by atoms with van der Waals surface area (Å²) in [6.45, 7) is 2.69. The first-order valence-electron chi connectivity index (χ1n) is 8.40. The van der Waals surface area contributed by atoms with Gasteiger partial charge in [-0.3, -0.25) is 19.8 Å². The second-order valence-corrected chi connectivity index (χ2v) is 6.94. The van der Waals surface area contributed by atoms with E-state index in [0.717, 1.165) is 0 Å². The summed E-state index contributed by atoms with van der Waals surface area (Å²) in [5.74, 6) is -0.182. The first-order chi connectivity index (χ1) is 13.0. The molecule has 142 valence electrons. The van der Waals surface area contributed by atoms with Gasteiger partial charge in [-0.15, -0.1) is 0 Å². The zero-order valence-corrected chi connectivity index (χ0v) is 15.9. The SMILES string of the molecule is O=C(CN1CCN(c2ccccc2[N+](=O)[O-])CC1)Nc1cccc(Cl)c1Cl. The number of amides is 1. The van der Waals surface area contributed by atoms with Gasteiger partial charge in [0.2, 0.25) is 5.91 Å². The minimum atomic E-state index is -0.371. The van der Waals surface area contributed by atoms with E-state index in [1.54, 1.807) is 36.4 Å². The number of nitro groups is 1. The molecular weight excluding hydrogens is 391 g/mol. The summed E-state index contributed by atoms with van der Waals surface area (Å²) in [6.07, 6.45) is 0. The Bertz CT molecular complexity index is 854. The Kier molecular flexibility index (Phi) is 6.15. The number of rotatable bonds is 5. The summed E-state index contributed by atoms with van der Waals surface area (Å²) in [4.78, 5) is 27.1. The van der Waals surface area contributed by atoms with Crippen LogP contribution in [0.5, 0.6) is 0 Å². The molecule has 27 heavy (non-hydrogen) atoms. The highest BCUT2D eigenvalue weighted by Gasteiger charge is 2.24. The lowest BCUT2D eigenvalue weighted by Crippen LogP contribution is -2.48. The van der Waals surface area contributed by atoms with E-state index >= 15 is 0 Å². The maximum atomic E-state index is 12.3. The molecule has 9 heteroatoms. The van der Waals surface area contributed by atoms with Gasteiger partial charge in [-0.25, -0.2) is 0 Å². The lowest BCUT2D eigenvalue weighted by molar-refractivity contribution is -0.384. The monoisotopic (exact) mass is 408 g/mol. The number of benzene rings is 2. The van der Waals surface area contributed by atoms with E-state index in [4.69, 9.17) is 23.2 Å². The number of hydrogen-bond acceptors (Lipinski definition) is 5. The van der Waals surface area contributed by atoms with Crippen LogP contribution in [0.25, 0.3) is 0 Å². The molecule has 0 spiro atoms. The van der Waals surface area contributed by atoms with Gasteiger partial charge in [0, 0.05) is 32.2 Å². The Hall–Kier alpha value is -2.35. The van der Waals surface area contributed by atoms with Crippen LogP contribution in [-0.4, -0.2) is 48.5 Å². The number of nitrogens with one attached hydrogen (secondary N) is 1. The predicted octanol–water partition coefficient (Wildman–Crippen LogP) is 3.66. The minimum absolute atomic E-state index is 0.0966. The number of para-hydroxylation sites is 2. The van der Waals surface area contributed by atoms with E-state index in [1.165, 1.54) is 6.07 Å².